The Labute approximate surface area is 139 Å². The van der Waals surface area contributed by atoms with Gasteiger partial charge in [-0.15, -0.1) is 10.2 Å². The number of nitrogens with zero attached hydrogens (tertiary/aromatic N) is 5. The maximum Gasteiger partial charge on any atom is 0.265 e. The first-order valence-electron chi connectivity index (χ1n) is 8.59. The molecule has 24 heavy (non-hydrogen) atoms. The van der Waals surface area contributed by atoms with Gasteiger partial charge < -0.3 is 9.80 Å². The van der Waals surface area contributed by atoms with E-state index in [2.05, 4.69) is 27.1 Å². The lowest BCUT2D eigenvalue weighted by molar-refractivity contribution is 0.0392. The number of rotatable bonds is 1. The van der Waals surface area contributed by atoms with Crippen LogP contribution in [0.15, 0.2) is 17.3 Å². The lowest BCUT2D eigenvalue weighted by Crippen LogP contribution is -2.56. The average Bonchev–Trinajstić information content (AvgIpc) is 2.95. The van der Waals surface area contributed by atoms with Crippen LogP contribution in [-0.2, 0) is 0 Å². The van der Waals surface area contributed by atoms with Gasteiger partial charge in [0.1, 0.15) is 11.9 Å². The van der Waals surface area contributed by atoms with Crippen LogP contribution in [0, 0.1) is 0 Å². The van der Waals surface area contributed by atoms with Crippen molar-refractivity contribution < 1.29 is 4.79 Å². The molecule has 0 aromatic carbocycles. The van der Waals surface area contributed by atoms with Gasteiger partial charge in [-0.3, -0.25) is 19.0 Å². The van der Waals surface area contributed by atoms with Gasteiger partial charge in [0.15, 0.2) is 0 Å². The van der Waals surface area contributed by atoms with Crippen LogP contribution in [-0.4, -0.2) is 67.5 Å². The summed E-state index contributed by atoms with van der Waals surface area (Å²) in [5, 5.41) is 7.56. The topological polar surface area (TPSA) is 86.6 Å². The molecule has 0 aliphatic carbocycles. The second-order valence-corrected chi connectivity index (χ2v) is 6.81. The number of aromatic amines is 1. The number of fused-ring (bicyclic) bond motifs is 2. The van der Waals surface area contributed by atoms with Crippen molar-refractivity contribution in [3.63, 3.8) is 0 Å². The molecule has 2 aromatic heterocycles. The third kappa shape index (κ3) is 2.50. The zero-order chi connectivity index (χ0) is 16.7. The lowest BCUT2D eigenvalue weighted by Gasteiger charge is -2.43. The van der Waals surface area contributed by atoms with Crippen molar-refractivity contribution in [1.29, 1.82) is 0 Å². The minimum atomic E-state index is -0.399. The number of hydrogen-bond acceptors (Lipinski definition) is 5. The summed E-state index contributed by atoms with van der Waals surface area (Å²) in [5.41, 5.74) is -0.237. The number of carbonyl (C=O) groups excluding carboxylic acids is 1. The normalized spacial score (nSPS) is 25.5. The van der Waals surface area contributed by atoms with Gasteiger partial charge in [-0.05, 0) is 39.3 Å². The van der Waals surface area contributed by atoms with Crippen LogP contribution in [0.2, 0.25) is 0 Å². The second kappa shape index (κ2) is 6.01. The van der Waals surface area contributed by atoms with Crippen molar-refractivity contribution in [2.75, 3.05) is 20.1 Å². The van der Waals surface area contributed by atoms with Crippen molar-refractivity contribution in [3.05, 3.63) is 28.4 Å². The maximum absolute atomic E-state index is 13.1. The minimum Gasteiger partial charge on any atom is -0.334 e. The van der Waals surface area contributed by atoms with Gasteiger partial charge in [0.05, 0.1) is 0 Å². The molecule has 0 spiro atoms. The summed E-state index contributed by atoms with van der Waals surface area (Å²) in [6.07, 6.45) is 8.42. The van der Waals surface area contributed by atoms with E-state index in [0.29, 0.717) is 18.4 Å². The van der Waals surface area contributed by atoms with Gasteiger partial charge in [0, 0.05) is 24.8 Å². The van der Waals surface area contributed by atoms with Crippen LogP contribution in [0.25, 0.3) is 5.78 Å². The van der Waals surface area contributed by atoms with Crippen LogP contribution in [0.5, 0.6) is 0 Å². The van der Waals surface area contributed by atoms with Crippen molar-refractivity contribution in [1.82, 2.24) is 29.4 Å². The molecule has 2 aliphatic rings. The highest BCUT2D eigenvalue weighted by Crippen LogP contribution is 2.29. The largest absolute Gasteiger partial charge is 0.334 e. The minimum absolute atomic E-state index is 0.162. The number of likely N-dealkylation sites (N-methyl/N-ethyl adjacent to an activating group) is 1. The Hall–Kier alpha value is -2.22. The molecule has 4 rings (SSSR count). The third-order valence-electron chi connectivity index (χ3n) is 5.37. The van der Waals surface area contributed by atoms with Crippen molar-refractivity contribution in [2.24, 2.45) is 0 Å². The summed E-state index contributed by atoms with van der Waals surface area (Å²) in [6.45, 7) is 1.80. The molecule has 128 valence electrons. The predicted octanol–water partition coefficient (Wildman–Crippen LogP) is 0.507. The number of H-pyrrole nitrogens is 1. The maximum atomic E-state index is 13.1. The number of likely N-dealkylation sites (tertiary alicyclic amines) is 2. The molecule has 2 fully saturated rings. The molecule has 0 radical (unpaired) electrons. The van der Waals surface area contributed by atoms with Crippen LogP contribution >= 0.6 is 0 Å². The number of piperidine rings is 1. The summed E-state index contributed by atoms with van der Waals surface area (Å²) < 4.78 is 1.58. The summed E-state index contributed by atoms with van der Waals surface area (Å²) in [5.74, 6) is 0.166. The zero-order valence-corrected chi connectivity index (χ0v) is 13.8. The number of hydrogen-bond donors (Lipinski definition) is 1. The molecule has 8 nitrogen and oxygen atoms in total. The van der Waals surface area contributed by atoms with E-state index in [1.807, 2.05) is 4.90 Å². The van der Waals surface area contributed by atoms with Gasteiger partial charge in [-0.25, -0.2) is 0 Å². The summed E-state index contributed by atoms with van der Waals surface area (Å²) >= 11 is 0. The number of carbonyl (C=O) groups is 1. The van der Waals surface area contributed by atoms with E-state index in [0.717, 1.165) is 32.2 Å². The van der Waals surface area contributed by atoms with Gasteiger partial charge in [0.2, 0.25) is 5.78 Å². The second-order valence-electron chi connectivity index (χ2n) is 6.81. The van der Waals surface area contributed by atoms with E-state index in [9.17, 15) is 9.59 Å². The van der Waals surface area contributed by atoms with Crippen LogP contribution in [0.4, 0.5) is 0 Å². The van der Waals surface area contributed by atoms with E-state index in [4.69, 9.17) is 0 Å². The molecular formula is C16H22N6O2. The SMILES string of the molecule is CN1CCCC[C@@H]2[C@H]1CCCN2C(=O)c1cn2cnnc2[nH]c1=O. The number of nitrogens with one attached hydrogen (secondary N) is 1. The fourth-order valence-corrected chi connectivity index (χ4v) is 4.13. The van der Waals surface area contributed by atoms with Gasteiger partial charge in [-0.1, -0.05) is 6.42 Å². The third-order valence-corrected chi connectivity index (χ3v) is 5.37. The van der Waals surface area contributed by atoms with Crippen molar-refractivity contribution >= 4 is 11.7 Å². The highest BCUT2D eigenvalue weighted by Gasteiger charge is 2.38. The lowest BCUT2D eigenvalue weighted by atomic mass is 9.92. The van der Waals surface area contributed by atoms with Crippen LogP contribution < -0.4 is 5.56 Å². The Morgan fingerprint density at radius 1 is 1.21 bits per heavy atom. The van der Waals surface area contributed by atoms with Gasteiger partial charge >= 0.3 is 0 Å². The molecule has 2 atom stereocenters. The van der Waals surface area contributed by atoms with Crippen LogP contribution in [0.3, 0.4) is 0 Å². The molecular weight excluding hydrogens is 308 g/mol. The average molecular weight is 330 g/mol. The Morgan fingerprint density at radius 3 is 2.92 bits per heavy atom. The molecule has 2 aromatic rings. The number of amides is 1. The highest BCUT2D eigenvalue weighted by molar-refractivity contribution is 5.94. The molecule has 0 unspecified atom stereocenters. The molecule has 4 heterocycles. The number of aromatic nitrogens is 4. The highest BCUT2D eigenvalue weighted by atomic mass is 16.2. The van der Waals surface area contributed by atoms with Gasteiger partial charge in [0.25, 0.3) is 11.5 Å². The predicted molar refractivity (Wildman–Crippen MR) is 87.9 cm³/mol. The monoisotopic (exact) mass is 330 g/mol. The standard InChI is InChI=1S/C16H22N6O2/c1-20-7-3-2-5-13-12(20)6-4-8-22(13)15(24)11-9-21-10-17-19-16(21)18-14(11)23/h9-10,12-13H,2-8H2,1H3,(H,18,19,23)/t12-,13-/m1/s1. The summed E-state index contributed by atoms with van der Waals surface area (Å²) in [7, 11) is 2.15. The first kappa shape index (κ1) is 15.3. The molecule has 1 N–H and O–H groups in total. The van der Waals surface area contributed by atoms with Crippen LogP contribution in [0.1, 0.15) is 42.5 Å². The van der Waals surface area contributed by atoms with E-state index < -0.39 is 5.56 Å². The first-order chi connectivity index (χ1) is 11.6. The fraction of sp³-hybridized carbons (Fsp3) is 0.625. The van der Waals surface area contributed by atoms with E-state index >= 15 is 0 Å². The molecule has 0 bridgehead atoms. The molecule has 2 aliphatic heterocycles. The molecule has 0 saturated carbocycles. The Kier molecular flexibility index (Phi) is 3.84. The first-order valence-corrected chi connectivity index (χ1v) is 8.59. The zero-order valence-electron chi connectivity index (χ0n) is 13.8. The quantitative estimate of drug-likeness (QED) is 0.823. The molecule has 1 amide bonds. The van der Waals surface area contributed by atoms with Crippen molar-refractivity contribution in [2.45, 2.75) is 44.2 Å². The van der Waals surface area contributed by atoms with E-state index in [-0.39, 0.29) is 17.5 Å². The summed E-state index contributed by atoms with van der Waals surface area (Å²) in [4.78, 5) is 32.3. The van der Waals surface area contributed by atoms with Gasteiger partial charge in [-0.2, -0.15) is 0 Å². The molecule has 2 saturated heterocycles. The van der Waals surface area contributed by atoms with Crippen molar-refractivity contribution in [3.8, 4) is 0 Å². The molecule has 8 heteroatoms. The summed E-state index contributed by atoms with van der Waals surface area (Å²) in [6, 6.07) is 0.581. The Balaban J connectivity index is 1.69. The smallest absolute Gasteiger partial charge is 0.265 e. The Bertz CT molecular complexity index is 812. The Morgan fingerprint density at radius 2 is 2.04 bits per heavy atom. The van der Waals surface area contributed by atoms with E-state index in [1.54, 1.807) is 10.6 Å². The van der Waals surface area contributed by atoms with E-state index in [1.165, 1.54) is 12.7 Å². The fourth-order valence-electron chi connectivity index (χ4n) is 4.13.